The summed E-state index contributed by atoms with van der Waals surface area (Å²) in [5, 5.41) is 10.8. The molecule has 1 fully saturated rings. The van der Waals surface area contributed by atoms with Crippen LogP contribution in [-0.2, 0) is 6.54 Å². The average molecular weight is 326 g/mol. The van der Waals surface area contributed by atoms with Crippen molar-refractivity contribution in [3.8, 4) is 23.0 Å². The second-order valence-electron chi connectivity index (χ2n) is 5.58. The fourth-order valence-electron chi connectivity index (χ4n) is 2.98. The van der Waals surface area contributed by atoms with Crippen LogP contribution in [0.25, 0.3) is 16.3 Å². The highest BCUT2D eigenvalue weighted by Crippen LogP contribution is 2.36. The van der Waals surface area contributed by atoms with Gasteiger partial charge in [0.1, 0.15) is 23.6 Å². The van der Waals surface area contributed by atoms with E-state index in [0.29, 0.717) is 17.3 Å². The van der Waals surface area contributed by atoms with Gasteiger partial charge in [-0.3, -0.25) is 0 Å². The molecule has 0 bridgehead atoms. The number of rotatable bonds is 3. The smallest absolute Gasteiger partial charge is 0.245 e. The van der Waals surface area contributed by atoms with Crippen molar-refractivity contribution < 1.29 is 0 Å². The first-order chi connectivity index (χ1) is 11.3. The average Bonchev–Trinajstić information content (AvgIpc) is 3.29. The quantitative estimate of drug-likeness (QED) is 0.685. The van der Waals surface area contributed by atoms with Gasteiger partial charge in [0.2, 0.25) is 0 Å². The van der Waals surface area contributed by atoms with Crippen LogP contribution in [0.5, 0.6) is 0 Å². The molecule has 3 aromatic heterocycles. The van der Waals surface area contributed by atoms with Crippen molar-refractivity contribution in [2.24, 2.45) is 0 Å². The summed E-state index contributed by atoms with van der Waals surface area (Å²) >= 11 is 1.53. The largest absolute Gasteiger partial charge is 0.353 e. The normalized spacial score (nSPS) is 15.3. The standard InChI is InChI=1S/C15H14N6OS/c1-2-7-21-15(22)20-9-16-12(13(20)18-19-21)14-17-11(8-23-14)10-5-3-4-6-10/h1,8-10H,3-7H2. The van der Waals surface area contributed by atoms with Gasteiger partial charge >= 0.3 is 5.69 Å². The third-order valence-electron chi connectivity index (χ3n) is 4.16. The minimum absolute atomic E-state index is 0.0817. The Hall–Kier alpha value is -2.53. The van der Waals surface area contributed by atoms with E-state index in [-0.39, 0.29) is 12.2 Å². The van der Waals surface area contributed by atoms with E-state index in [1.807, 2.05) is 0 Å². The van der Waals surface area contributed by atoms with Gasteiger partial charge in [0.25, 0.3) is 0 Å². The van der Waals surface area contributed by atoms with Crippen LogP contribution in [0.4, 0.5) is 0 Å². The molecule has 0 spiro atoms. The van der Waals surface area contributed by atoms with Gasteiger partial charge in [-0.25, -0.2) is 19.2 Å². The van der Waals surface area contributed by atoms with Crippen LogP contribution in [0.2, 0.25) is 0 Å². The number of aromatic nitrogens is 6. The number of thiazole rings is 1. The van der Waals surface area contributed by atoms with Gasteiger partial charge in [-0.05, 0) is 12.8 Å². The molecule has 8 heteroatoms. The number of terminal acetylenes is 1. The maximum atomic E-state index is 12.2. The van der Waals surface area contributed by atoms with E-state index in [4.69, 9.17) is 11.4 Å². The zero-order valence-electron chi connectivity index (χ0n) is 12.3. The first-order valence-electron chi connectivity index (χ1n) is 7.48. The van der Waals surface area contributed by atoms with Crippen molar-refractivity contribution in [2.45, 2.75) is 38.1 Å². The SMILES string of the molecule is C#CCn1nnc2c(-c3nc(C4CCCC4)cs3)ncn2c1=O. The van der Waals surface area contributed by atoms with E-state index >= 15 is 0 Å². The van der Waals surface area contributed by atoms with Crippen LogP contribution in [0.1, 0.15) is 37.3 Å². The van der Waals surface area contributed by atoms with Crippen molar-refractivity contribution in [3.05, 3.63) is 27.9 Å². The molecule has 3 aromatic rings. The molecule has 1 aliphatic carbocycles. The second kappa shape index (κ2) is 5.59. The molecular formula is C15H14N6OS. The zero-order valence-corrected chi connectivity index (χ0v) is 13.2. The summed E-state index contributed by atoms with van der Waals surface area (Å²) < 4.78 is 2.49. The number of hydrogen-bond donors (Lipinski definition) is 0. The summed E-state index contributed by atoms with van der Waals surface area (Å²) in [5.41, 5.74) is 1.78. The molecule has 23 heavy (non-hydrogen) atoms. The molecular weight excluding hydrogens is 312 g/mol. The summed E-state index contributed by atoms with van der Waals surface area (Å²) in [4.78, 5) is 21.3. The lowest BCUT2D eigenvalue weighted by Gasteiger charge is -2.02. The third kappa shape index (κ3) is 2.33. The topological polar surface area (TPSA) is 78.0 Å². The van der Waals surface area contributed by atoms with Crippen molar-refractivity contribution in [1.82, 2.24) is 29.4 Å². The molecule has 7 nitrogen and oxygen atoms in total. The van der Waals surface area contributed by atoms with Gasteiger partial charge in [0.15, 0.2) is 5.65 Å². The molecule has 0 N–H and O–H groups in total. The van der Waals surface area contributed by atoms with E-state index in [1.165, 1.54) is 47.7 Å². The second-order valence-corrected chi connectivity index (χ2v) is 6.44. The van der Waals surface area contributed by atoms with E-state index in [1.54, 1.807) is 0 Å². The molecule has 0 radical (unpaired) electrons. The number of fused-ring (bicyclic) bond motifs is 1. The lowest BCUT2D eigenvalue weighted by atomic mass is 10.1. The number of nitrogens with zero attached hydrogens (tertiary/aromatic N) is 6. The lowest BCUT2D eigenvalue weighted by molar-refractivity contribution is 0.577. The van der Waals surface area contributed by atoms with Gasteiger partial charge in [0, 0.05) is 11.3 Å². The maximum Gasteiger partial charge on any atom is 0.353 e. The van der Waals surface area contributed by atoms with Gasteiger partial charge in [0.05, 0.1) is 5.69 Å². The monoisotopic (exact) mass is 326 g/mol. The summed E-state index contributed by atoms with van der Waals surface area (Å²) in [6.45, 7) is 0.0817. The fourth-order valence-corrected chi connectivity index (χ4v) is 3.87. The molecule has 116 valence electrons. The Labute approximate surface area is 136 Å². The highest BCUT2D eigenvalue weighted by molar-refractivity contribution is 7.13. The Morgan fingerprint density at radius 1 is 1.39 bits per heavy atom. The van der Waals surface area contributed by atoms with Gasteiger partial charge in [-0.2, -0.15) is 4.68 Å². The molecule has 0 aliphatic heterocycles. The number of hydrogen-bond acceptors (Lipinski definition) is 6. The van der Waals surface area contributed by atoms with Crippen molar-refractivity contribution in [2.75, 3.05) is 0 Å². The first kappa shape index (κ1) is 14.1. The fraction of sp³-hybridized carbons (Fsp3) is 0.400. The van der Waals surface area contributed by atoms with Gasteiger partial charge < -0.3 is 0 Å². The zero-order chi connectivity index (χ0) is 15.8. The van der Waals surface area contributed by atoms with E-state index in [0.717, 1.165) is 15.4 Å². The molecule has 0 unspecified atom stereocenters. The van der Waals surface area contributed by atoms with E-state index in [9.17, 15) is 4.79 Å². The van der Waals surface area contributed by atoms with Crippen LogP contribution >= 0.6 is 11.3 Å². The predicted molar refractivity (Wildman–Crippen MR) is 86.2 cm³/mol. The third-order valence-corrected chi connectivity index (χ3v) is 5.02. The number of imidazole rings is 1. The van der Waals surface area contributed by atoms with Crippen molar-refractivity contribution >= 4 is 17.0 Å². The Morgan fingerprint density at radius 3 is 3.00 bits per heavy atom. The molecule has 0 atom stereocenters. The van der Waals surface area contributed by atoms with Crippen LogP contribution in [0.3, 0.4) is 0 Å². The maximum absolute atomic E-state index is 12.2. The van der Waals surface area contributed by atoms with E-state index in [2.05, 4.69) is 26.6 Å². The highest BCUT2D eigenvalue weighted by Gasteiger charge is 2.22. The molecule has 4 rings (SSSR count). The molecule has 1 aliphatic rings. The molecule has 3 heterocycles. The Morgan fingerprint density at radius 2 is 2.22 bits per heavy atom. The summed E-state index contributed by atoms with van der Waals surface area (Å²) in [7, 11) is 0. The summed E-state index contributed by atoms with van der Waals surface area (Å²) in [5.74, 6) is 2.93. The van der Waals surface area contributed by atoms with Crippen LogP contribution < -0.4 is 5.69 Å². The van der Waals surface area contributed by atoms with Crippen molar-refractivity contribution in [1.29, 1.82) is 0 Å². The Kier molecular flexibility index (Phi) is 3.42. The Balaban J connectivity index is 1.76. The molecule has 0 saturated heterocycles. The highest BCUT2D eigenvalue weighted by atomic mass is 32.1. The van der Waals surface area contributed by atoms with Crippen molar-refractivity contribution in [3.63, 3.8) is 0 Å². The minimum Gasteiger partial charge on any atom is -0.245 e. The lowest BCUT2D eigenvalue weighted by Crippen LogP contribution is -2.29. The van der Waals surface area contributed by atoms with E-state index < -0.39 is 0 Å². The van der Waals surface area contributed by atoms with Crippen LogP contribution in [-0.4, -0.2) is 29.4 Å². The van der Waals surface area contributed by atoms with Crippen LogP contribution in [0.15, 0.2) is 16.5 Å². The Bertz CT molecular complexity index is 956. The molecule has 0 amide bonds. The van der Waals surface area contributed by atoms with Gasteiger partial charge in [-0.1, -0.05) is 24.0 Å². The van der Waals surface area contributed by atoms with Gasteiger partial charge in [-0.15, -0.1) is 22.9 Å². The molecule has 0 aromatic carbocycles. The minimum atomic E-state index is -0.348. The predicted octanol–water partition coefficient (Wildman–Crippen LogP) is 1.70. The summed E-state index contributed by atoms with van der Waals surface area (Å²) in [6, 6.07) is 0. The molecule has 1 saturated carbocycles. The summed E-state index contributed by atoms with van der Waals surface area (Å²) in [6.07, 6.45) is 11.6. The first-order valence-corrected chi connectivity index (χ1v) is 8.36. The van der Waals surface area contributed by atoms with Crippen LogP contribution in [0, 0.1) is 12.3 Å².